The van der Waals surface area contributed by atoms with Crippen LogP contribution >= 0.6 is 15.9 Å². The van der Waals surface area contributed by atoms with Crippen molar-refractivity contribution >= 4 is 27.8 Å². The van der Waals surface area contributed by atoms with Gasteiger partial charge in [-0.05, 0) is 15.9 Å². The van der Waals surface area contributed by atoms with Gasteiger partial charge in [0.2, 0.25) is 5.91 Å². The maximum Gasteiger partial charge on any atom is 0.359 e. The highest BCUT2D eigenvalue weighted by Crippen LogP contribution is 2.15. The van der Waals surface area contributed by atoms with E-state index in [1.807, 2.05) is 0 Å². The molecule has 1 aromatic rings. The average molecular weight is 262 g/mol. The molecule has 0 saturated carbocycles. The average Bonchev–Trinajstić information content (AvgIpc) is 2.44. The Morgan fingerprint density at radius 1 is 1.71 bits per heavy atom. The zero-order valence-electron chi connectivity index (χ0n) is 7.36. The smallest absolute Gasteiger partial charge is 0.359 e. The normalized spacial score (nSPS) is 9.86. The van der Waals surface area contributed by atoms with Gasteiger partial charge in [-0.3, -0.25) is 9.48 Å². The summed E-state index contributed by atoms with van der Waals surface area (Å²) in [6.45, 7) is -0.0738. The molecule has 0 bridgehead atoms. The molecule has 0 aliphatic heterocycles. The lowest BCUT2D eigenvalue weighted by atomic mass is 10.4. The number of hydrogen-bond acceptors (Lipinski definition) is 4. The SMILES string of the molecule is COC(=O)c1nn(CC(N)=O)cc1Br. The third kappa shape index (κ3) is 2.32. The number of aromatic nitrogens is 2. The highest BCUT2D eigenvalue weighted by molar-refractivity contribution is 9.10. The first-order valence-electron chi connectivity index (χ1n) is 3.64. The first-order valence-corrected chi connectivity index (χ1v) is 4.43. The number of rotatable bonds is 3. The third-order valence-corrected chi connectivity index (χ3v) is 1.99. The minimum atomic E-state index is -0.569. The number of carbonyl (C=O) groups excluding carboxylic acids is 2. The minimum Gasteiger partial charge on any atom is -0.464 e. The number of hydrogen-bond donors (Lipinski definition) is 1. The van der Waals surface area contributed by atoms with E-state index >= 15 is 0 Å². The summed E-state index contributed by atoms with van der Waals surface area (Å²) < 4.78 is 6.20. The first-order chi connectivity index (χ1) is 6.54. The molecule has 6 nitrogen and oxygen atoms in total. The van der Waals surface area contributed by atoms with Gasteiger partial charge >= 0.3 is 5.97 Å². The lowest BCUT2D eigenvalue weighted by molar-refractivity contribution is -0.118. The van der Waals surface area contributed by atoms with Crippen molar-refractivity contribution in [1.82, 2.24) is 9.78 Å². The van der Waals surface area contributed by atoms with Gasteiger partial charge in [0.05, 0.1) is 11.6 Å². The molecule has 7 heteroatoms. The van der Waals surface area contributed by atoms with Crippen molar-refractivity contribution in [3.63, 3.8) is 0 Å². The van der Waals surface area contributed by atoms with Crippen LogP contribution in [-0.4, -0.2) is 28.8 Å². The van der Waals surface area contributed by atoms with Crippen LogP contribution in [0.3, 0.4) is 0 Å². The molecule has 0 aromatic carbocycles. The lowest BCUT2D eigenvalue weighted by Gasteiger charge is -1.95. The monoisotopic (exact) mass is 261 g/mol. The molecule has 0 unspecified atom stereocenters. The Kier molecular flexibility index (Phi) is 3.23. The van der Waals surface area contributed by atoms with E-state index in [-0.39, 0.29) is 12.2 Å². The number of carbonyl (C=O) groups is 2. The number of methoxy groups -OCH3 is 1. The van der Waals surface area contributed by atoms with E-state index < -0.39 is 11.9 Å². The van der Waals surface area contributed by atoms with Crippen LogP contribution in [0, 0.1) is 0 Å². The van der Waals surface area contributed by atoms with Gasteiger partial charge in [-0.15, -0.1) is 0 Å². The highest BCUT2D eigenvalue weighted by atomic mass is 79.9. The van der Waals surface area contributed by atoms with Crippen molar-refractivity contribution < 1.29 is 14.3 Å². The fourth-order valence-corrected chi connectivity index (χ4v) is 1.35. The molecule has 0 fully saturated rings. The topological polar surface area (TPSA) is 87.2 Å². The van der Waals surface area contributed by atoms with E-state index in [9.17, 15) is 9.59 Å². The van der Waals surface area contributed by atoms with Crippen molar-refractivity contribution in [1.29, 1.82) is 0 Å². The molecule has 0 aliphatic rings. The summed E-state index contributed by atoms with van der Waals surface area (Å²) in [6.07, 6.45) is 1.48. The predicted octanol–water partition coefficient (Wildman–Crippen LogP) is -0.0825. The molecule has 0 atom stereocenters. The van der Waals surface area contributed by atoms with Crippen LogP contribution in [0.25, 0.3) is 0 Å². The summed E-state index contributed by atoms with van der Waals surface area (Å²) in [5.74, 6) is -1.10. The highest BCUT2D eigenvalue weighted by Gasteiger charge is 2.15. The van der Waals surface area contributed by atoms with Crippen molar-refractivity contribution in [3.05, 3.63) is 16.4 Å². The molecule has 14 heavy (non-hydrogen) atoms. The molecule has 1 rings (SSSR count). The second-order valence-electron chi connectivity index (χ2n) is 2.48. The van der Waals surface area contributed by atoms with Crippen LogP contribution < -0.4 is 5.73 Å². The number of esters is 1. The lowest BCUT2D eigenvalue weighted by Crippen LogP contribution is -2.19. The van der Waals surface area contributed by atoms with Gasteiger partial charge in [-0.2, -0.15) is 5.10 Å². The zero-order valence-corrected chi connectivity index (χ0v) is 8.94. The van der Waals surface area contributed by atoms with Crippen molar-refractivity contribution in [2.75, 3.05) is 7.11 Å². The number of halogens is 1. The second-order valence-corrected chi connectivity index (χ2v) is 3.34. The van der Waals surface area contributed by atoms with Gasteiger partial charge < -0.3 is 10.5 Å². The van der Waals surface area contributed by atoms with Gasteiger partial charge in [0, 0.05) is 6.20 Å². The maximum absolute atomic E-state index is 11.1. The summed E-state index contributed by atoms with van der Waals surface area (Å²) in [5, 5.41) is 3.82. The molecule has 1 aromatic heterocycles. The largest absolute Gasteiger partial charge is 0.464 e. The molecule has 2 N–H and O–H groups in total. The molecular formula is C7H8BrN3O3. The molecule has 0 radical (unpaired) electrons. The summed E-state index contributed by atoms with van der Waals surface area (Å²) in [7, 11) is 1.25. The maximum atomic E-state index is 11.1. The molecule has 0 spiro atoms. The van der Waals surface area contributed by atoms with E-state index in [1.165, 1.54) is 18.0 Å². The van der Waals surface area contributed by atoms with Crippen LogP contribution in [0.2, 0.25) is 0 Å². The van der Waals surface area contributed by atoms with Gasteiger partial charge in [0.15, 0.2) is 5.69 Å². The minimum absolute atomic E-state index is 0.0738. The second kappa shape index (κ2) is 4.23. The van der Waals surface area contributed by atoms with Crippen molar-refractivity contribution in [2.24, 2.45) is 5.73 Å². The van der Waals surface area contributed by atoms with Crippen LogP contribution in [0.15, 0.2) is 10.7 Å². The standard InChI is InChI=1S/C7H8BrN3O3/c1-14-7(13)6-4(8)2-11(10-6)3-5(9)12/h2H,3H2,1H3,(H2,9,12). The Labute approximate surface area is 88.1 Å². The predicted molar refractivity (Wildman–Crippen MR) is 50.5 cm³/mol. The third-order valence-electron chi connectivity index (χ3n) is 1.41. The molecule has 76 valence electrons. The summed E-state index contributed by atoms with van der Waals surface area (Å²) in [6, 6.07) is 0. The van der Waals surface area contributed by atoms with E-state index in [4.69, 9.17) is 5.73 Å². The number of nitrogens with two attached hydrogens (primary N) is 1. The molecule has 0 aliphatic carbocycles. The van der Waals surface area contributed by atoms with Crippen molar-refractivity contribution in [3.8, 4) is 0 Å². The van der Waals surface area contributed by atoms with E-state index in [2.05, 4.69) is 25.8 Å². The number of amides is 1. The Morgan fingerprint density at radius 3 is 2.86 bits per heavy atom. The Hall–Kier alpha value is -1.37. The summed E-state index contributed by atoms with van der Waals surface area (Å²) in [4.78, 5) is 21.6. The summed E-state index contributed by atoms with van der Waals surface area (Å²) in [5.41, 5.74) is 5.08. The van der Waals surface area contributed by atoms with E-state index in [1.54, 1.807) is 0 Å². The molecule has 1 heterocycles. The van der Waals surface area contributed by atoms with Gasteiger partial charge in [-0.1, -0.05) is 0 Å². The van der Waals surface area contributed by atoms with Crippen LogP contribution in [0.1, 0.15) is 10.5 Å². The van der Waals surface area contributed by atoms with Gasteiger partial charge in [0.1, 0.15) is 6.54 Å². The summed E-state index contributed by atoms with van der Waals surface area (Å²) >= 11 is 3.11. The van der Waals surface area contributed by atoms with Gasteiger partial charge in [0.25, 0.3) is 0 Å². The zero-order chi connectivity index (χ0) is 10.7. The van der Waals surface area contributed by atoms with Gasteiger partial charge in [-0.25, -0.2) is 4.79 Å². The quantitative estimate of drug-likeness (QED) is 0.771. The molecule has 0 saturated heterocycles. The molecule has 1 amide bonds. The van der Waals surface area contributed by atoms with Crippen LogP contribution in [-0.2, 0) is 16.1 Å². The fourth-order valence-electron chi connectivity index (χ4n) is 0.873. The number of nitrogens with zero attached hydrogens (tertiary/aromatic N) is 2. The molecular weight excluding hydrogens is 254 g/mol. The number of primary amides is 1. The van der Waals surface area contributed by atoms with Crippen LogP contribution in [0.5, 0.6) is 0 Å². The Morgan fingerprint density at radius 2 is 2.36 bits per heavy atom. The van der Waals surface area contributed by atoms with E-state index in [0.29, 0.717) is 4.47 Å². The first kappa shape index (κ1) is 10.7. The van der Waals surface area contributed by atoms with E-state index in [0.717, 1.165) is 0 Å². The number of ether oxygens (including phenoxy) is 1. The van der Waals surface area contributed by atoms with Crippen molar-refractivity contribution in [2.45, 2.75) is 6.54 Å². The fraction of sp³-hybridized carbons (Fsp3) is 0.286. The Balaban J connectivity index is 2.93. The van der Waals surface area contributed by atoms with Crippen LogP contribution in [0.4, 0.5) is 0 Å². The Bertz CT molecular complexity index is 374.